The van der Waals surface area contributed by atoms with Gasteiger partial charge < -0.3 is 30.9 Å². The Morgan fingerprint density at radius 3 is 2.52 bits per heavy atom. The molecule has 2 fully saturated rings. The lowest BCUT2D eigenvalue weighted by Crippen LogP contribution is -2.67. The zero-order valence-corrected chi connectivity index (χ0v) is 17.7. The Kier molecular flexibility index (Phi) is 4.85. The maximum absolute atomic E-state index is 13.7. The van der Waals surface area contributed by atoms with Crippen molar-refractivity contribution in [1.29, 1.82) is 0 Å². The first kappa shape index (κ1) is 21.6. The molecule has 33 heavy (non-hydrogen) atoms. The van der Waals surface area contributed by atoms with E-state index in [1.165, 1.54) is 6.07 Å². The molecule has 5 rings (SSSR count). The highest BCUT2D eigenvalue weighted by Crippen LogP contribution is 2.52. The van der Waals surface area contributed by atoms with E-state index in [0.29, 0.717) is 38.3 Å². The molecule has 10 heteroatoms. The van der Waals surface area contributed by atoms with Crippen LogP contribution in [0.1, 0.15) is 17.5 Å². The molecule has 174 valence electrons. The molecule has 1 amide bonds. The zero-order valence-electron chi connectivity index (χ0n) is 17.7. The number of phenolic OH excluding ortho intramolecular Hbond substituents is 1. The molecule has 0 bridgehead atoms. The quantitative estimate of drug-likeness (QED) is 0.376. The van der Waals surface area contributed by atoms with Crippen LogP contribution >= 0.6 is 0 Å². The number of aromatic hydroxyl groups is 1. The van der Waals surface area contributed by atoms with Crippen molar-refractivity contribution in [2.75, 3.05) is 26.3 Å². The number of ether oxygens (including phenoxy) is 1. The van der Waals surface area contributed by atoms with E-state index in [9.17, 15) is 34.8 Å². The maximum Gasteiger partial charge on any atom is 0.255 e. The number of benzene rings is 1. The number of phenols is 1. The van der Waals surface area contributed by atoms with Gasteiger partial charge in [0.2, 0.25) is 5.78 Å². The summed E-state index contributed by atoms with van der Waals surface area (Å²) in [6.07, 6.45) is 0.374. The van der Waals surface area contributed by atoms with Crippen molar-refractivity contribution in [1.82, 2.24) is 4.90 Å². The third-order valence-electron chi connectivity index (χ3n) is 7.34. The van der Waals surface area contributed by atoms with E-state index in [-0.39, 0.29) is 23.3 Å². The average molecular weight is 456 g/mol. The Balaban J connectivity index is 1.71. The lowest BCUT2D eigenvalue weighted by Gasteiger charge is -2.51. The number of amides is 1. The molecule has 4 unspecified atom stereocenters. The summed E-state index contributed by atoms with van der Waals surface area (Å²) in [5.74, 6) is -6.41. The number of hydrogen-bond acceptors (Lipinski definition) is 9. The van der Waals surface area contributed by atoms with Gasteiger partial charge in [-0.3, -0.25) is 19.3 Å². The molecule has 1 aliphatic heterocycles. The number of primary amides is 1. The number of Topliss-reactive ketones (excluding diaryl/α,β-unsaturated/α-hetero) is 2. The Morgan fingerprint density at radius 1 is 1.15 bits per heavy atom. The number of aliphatic hydroxyl groups excluding tert-OH is 2. The minimum Gasteiger partial charge on any atom is -0.508 e. The van der Waals surface area contributed by atoms with Gasteiger partial charge in [-0.05, 0) is 30.4 Å². The van der Waals surface area contributed by atoms with Crippen LogP contribution < -0.4 is 5.73 Å². The molecule has 1 aromatic carbocycles. The molecular formula is C23H24N2O8. The first-order valence-corrected chi connectivity index (χ1v) is 10.8. The van der Waals surface area contributed by atoms with Crippen LogP contribution in [0.25, 0.3) is 5.76 Å². The van der Waals surface area contributed by atoms with Gasteiger partial charge in [0.1, 0.15) is 22.8 Å². The number of nitrogens with two attached hydrogens (primary N) is 1. The van der Waals surface area contributed by atoms with E-state index >= 15 is 0 Å². The molecule has 6 N–H and O–H groups in total. The summed E-state index contributed by atoms with van der Waals surface area (Å²) in [4.78, 5) is 40.9. The number of rotatable bonds is 2. The third-order valence-corrected chi connectivity index (χ3v) is 7.34. The van der Waals surface area contributed by atoms with E-state index in [2.05, 4.69) is 0 Å². The molecule has 0 aromatic heterocycles. The van der Waals surface area contributed by atoms with Crippen LogP contribution in [0.5, 0.6) is 5.75 Å². The minimum absolute atomic E-state index is 0.0839. The molecule has 1 aromatic rings. The van der Waals surface area contributed by atoms with Crippen LogP contribution in [-0.2, 0) is 25.5 Å². The summed E-state index contributed by atoms with van der Waals surface area (Å²) in [7, 11) is 0. The topological polar surface area (TPSA) is 171 Å². The molecule has 0 radical (unpaired) electrons. The van der Waals surface area contributed by atoms with Crippen molar-refractivity contribution >= 4 is 23.2 Å². The summed E-state index contributed by atoms with van der Waals surface area (Å²) in [6.45, 7) is 1.32. The van der Waals surface area contributed by atoms with E-state index in [1.807, 2.05) is 0 Å². The average Bonchev–Trinajstić information content (AvgIpc) is 2.77. The van der Waals surface area contributed by atoms with Gasteiger partial charge in [-0.25, -0.2) is 0 Å². The summed E-state index contributed by atoms with van der Waals surface area (Å²) in [6, 6.07) is 3.65. The second-order valence-corrected chi connectivity index (χ2v) is 8.96. The highest BCUT2D eigenvalue weighted by molar-refractivity contribution is 6.24. The highest BCUT2D eigenvalue weighted by atomic mass is 16.5. The summed E-state index contributed by atoms with van der Waals surface area (Å²) < 4.78 is 5.35. The maximum atomic E-state index is 13.7. The third kappa shape index (κ3) is 2.87. The van der Waals surface area contributed by atoms with Gasteiger partial charge in [0.25, 0.3) is 5.91 Å². The molecule has 0 spiro atoms. The Morgan fingerprint density at radius 2 is 1.85 bits per heavy atom. The number of aliphatic hydroxyl groups is 3. The van der Waals surface area contributed by atoms with Gasteiger partial charge in [-0.1, -0.05) is 12.1 Å². The molecule has 4 aliphatic rings. The largest absolute Gasteiger partial charge is 0.508 e. The predicted molar refractivity (Wildman–Crippen MR) is 113 cm³/mol. The van der Waals surface area contributed by atoms with Gasteiger partial charge in [-0.2, -0.15) is 0 Å². The van der Waals surface area contributed by atoms with Crippen molar-refractivity contribution in [3.8, 4) is 5.75 Å². The van der Waals surface area contributed by atoms with Crippen LogP contribution in [0.15, 0.2) is 35.1 Å². The van der Waals surface area contributed by atoms with Crippen LogP contribution in [0.2, 0.25) is 0 Å². The zero-order chi connectivity index (χ0) is 23.7. The Labute approximate surface area is 188 Å². The highest BCUT2D eigenvalue weighted by Gasteiger charge is 2.64. The number of carbonyl (C=O) groups is 3. The van der Waals surface area contributed by atoms with Crippen LogP contribution in [0.3, 0.4) is 0 Å². The number of carbonyl (C=O) groups excluding carboxylic acids is 3. The monoisotopic (exact) mass is 456 g/mol. The minimum atomic E-state index is -2.62. The first-order valence-electron chi connectivity index (χ1n) is 10.8. The normalized spacial score (nSPS) is 32.3. The van der Waals surface area contributed by atoms with E-state index < -0.39 is 58.0 Å². The molecular weight excluding hydrogens is 432 g/mol. The van der Waals surface area contributed by atoms with Crippen LogP contribution in [0, 0.1) is 11.8 Å². The van der Waals surface area contributed by atoms with Crippen LogP contribution in [-0.4, -0.2) is 80.7 Å². The lowest BCUT2D eigenvalue weighted by atomic mass is 9.57. The van der Waals surface area contributed by atoms with Crippen molar-refractivity contribution < 1.29 is 39.5 Å². The Bertz CT molecular complexity index is 1150. The number of nitrogens with zero attached hydrogens (tertiary/aromatic N) is 1. The predicted octanol–water partition coefficient (Wildman–Crippen LogP) is -0.265. The van der Waals surface area contributed by atoms with Gasteiger partial charge in [0.15, 0.2) is 11.4 Å². The summed E-state index contributed by atoms with van der Waals surface area (Å²) in [5, 5.41) is 43.7. The molecule has 1 heterocycles. The molecule has 4 atom stereocenters. The number of morpholine rings is 1. The van der Waals surface area contributed by atoms with Gasteiger partial charge in [-0.15, -0.1) is 0 Å². The van der Waals surface area contributed by atoms with Crippen molar-refractivity contribution in [2.24, 2.45) is 17.6 Å². The fraction of sp³-hybridized carbons (Fsp3) is 0.435. The van der Waals surface area contributed by atoms with E-state index in [4.69, 9.17) is 10.5 Å². The molecule has 3 aliphatic carbocycles. The summed E-state index contributed by atoms with van der Waals surface area (Å²) in [5.41, 5.74) is 2.51. The van der Waals surface area contributed by atoms with Gasteiger partial charge >= 0.3 is 0 Å². The summed E-state index contributed by atoms with van der Waals surface area (Å²) >= 11 is 0. The Hall–Kier alpha value is -3.21. The van der Waals surface area contributed by atoms with Gasteiger partial charge in [0.05, 0.1) is 24.8 Å². The van der Waals surface area contributed by atoms with Crippen molar-refractivity contribution in [2.45, 2.75) is 24.5 Å². The van der Waals surface area contributed by atoms with E-state index in [1.54, 1.807) is 17.0 Å². The second kappa shape index (κ2) is 7.41. The van der Waals surface area contributed by atoms with Crippen molar-refractivity contribution in [3.05, 3.63) is 46.2 Å². The van der Waals surface area contributed by atoms with E-state index in [0.717, 1.165) is 0 Å². The first-order chi connectivity index (χ1) is 15.7. The fourth-order valence-corrected chi connectivity index (χ4v) is 5.86. The number of hydrogen-bond donors (Lipinski definition) is 5. The SMILES string of the molecule is NC(=O)C1=C(O)C2(O)C(=O)C3=C(O)c4c(O)cccc4CC3CC2C(N2CCOCC2)C1=O. The fourth-order valence-electron chi connectivity index (χ4n) is 5.86. The smallest absolute Gasteiger partial charge is 0.255 e. The van der Waals surface area contributed by atoms with Gasteiger partial charge in [0, 0.05) is 24.6 Å². The van der Waals surface area contributed by atoms with Crippen LogP contribution in [0.4, 0.5) is 0 Å². The second-order valence-electron chi connectivity index (χ2n) is 8.96. The molecule has 1 saturated heterocycles. The number of fused-ring (bicyclic) bond motifs is 3. The molecule has 1 saturated carbocycles. The standard InChI is InChI=1S/C23H24N2O8/c24-22(31)16-19(28)17(25-4-6-33-7-5-25)12-9-11-8-10-2-1-3-13(26)14(10)18(27)15(11)20(29)23(12,32)21(16)30/h1-3,11-12,17,26-27,30,32H,4-9H2,(H2,24,31). The van der Waals surface area contributed by atoms with Crippen molar-refractivity contribution in [3.63, 3.8) is 0 Å². The lowest BCUT2D eigenvalue weighted by molar-refractivity contribution is -0.157. The number of ketones is 2. The molecule has 10 nitrogen and oxygen atoms in total.